The van der Waals surface area contributed by atoms with Crippen molar-refractivity contribution in [3.63, 3.8) is 0 Å². The van der Waals surface area contributed by atoms with Crippen molar-refractivity contribution in [3.05, 3.63) is 51.2 Å². The molecule has 0 aliphatic carbocycles. The Hall–Kier alpha value is -1.28. The van der Waals surface area contributed by atoms with Gasteiger partial charge in [0, 0.05) is 24.8 Å². The molecule has 1 heterocycles. The maximum Gasteiger partial charge on any atom is 0.143 e. The van der Waals surface area contributed by atoms with Crippen LogP contribution in [-0.4, -0.2) is 9.97 Å². The molecule has 3 N–H and O–H groups in total. The van der Waals surface area contributed by atoms with Crippen molar-refractivity contribution < 1.29 is 4.39 Å². The van der Waals surface area contributed by atoms with E-state index in [1.165, 1.54) is 12.4 Å². The lowest BCUT2D eigenvalue weighted by atomic mass is 10.1. The highest BCUT2D eigenvalue weighted by Gasteiger charge is 2.05. The van der Waals surface area contributed by atoms with Gasteiger partial charge in [-0.2, -0.15) is 0 Å². The highest BCUT2D eigenvalue weighted by atomic mass is 127. The predicted octanol–water partition coefficient (Wildman–Crippen LogP) is 2.29. The van der Waals surface area contributed by atoms with Crippen LogP contribution in [0.3, 0.4) is 0 Å². The lowest BCUT2D eigenvalue weighted by Gasteiger charge is -2.08. The Morgan fingerprint density at radius 3 is 2.89 bits per heavy atom. The monoisotopic (exact) mass is 358 g/mol. The second kappa shape index (κ2) is 6.05. The lowest BCUT2D eigenvalue weighted by molar-refractivity contribution is 0.610. The van der Waals surface area contributed by atoms with E-state index in [9.17, 15) is 4.39 Å². The number of hydrogen-bond donors (Lipinski definition) is 2. The molecular formula is C12H12FIN4. The SMILES string of the molecule is NCc1ccc(CNc2ncncc2I)c(F)c1. The Morgan fingerprint density at radius 2 is 2.22 bits per heavy atom. The van der Waals surface area contributed by atoms with Gasteiger partial charge in [0.25, 0.3) is 0 Å². The van der Waals surface area contributed by atoms with Gasteiger partial charge in [0.15, 0.2) is 0 Å². The van der Waals surface area contributed by atoms with Crippen LogP contribution in [0.25, 0.3) is 0 Å². The Labute approximate surface area is 118 Å². The Bertz CT molecular complexity index is 547. The third-order valence-corrected chi connectivity index (χ3v) is 3.26. The quantitative estimate of drug-likeness (QED) is 0.824. The number of rotatable bonds is 4. The Kier molecular flexibility index (Phi) is 4.43. The van der Waals surface area contributed by atoms with Crippen LogP contribution in [0.4, 0.5) is 10.2 Å². The van der Waals surface area contributed by atoms with Crippen LogP contribution < -0.4 is 11.1 Å². The first kappa shape index (κ1) is 13.2. The summed E-state index contributed by atoms with van der Waals surface area (Å²) in [6, 6.07) is 5.02. The molecule has 0 atom stereocenters. The lowest BCUT2D eigenvalue weighted by Crippen LogP contribution is -2.06. The van der Waals surface area contributed by atoms with Crippen LogP contribution in [0.1, 0.15) is 11.1 Å². The third-order valence-electron chi connectivity index (χ3n) is 2.47. The molecule has 6 heteroatoms. The largest absolute Gasteiger partial charge is 0.365 e. The summed E-state index contributed by atoms with van der Waals surface area (Å²) in [7, 11) is 0. The van der Waals surface area contributed by atoms with Crippen molar-refractivity contribution in [3.8, 4) is 0 Å². The molecule has 18 heavy (non-hydrogen) atoms. The van der Waals surface area contributed by atoms with E-state index in [0.29, 0.717) is 24.5 Å². The zero-order valence-corrected chi connectivity index (χ0v) is 11.7. The molecule has 0 saturated heterocycles. The number of nitrogens with two attached hydrogens (primary N) is 1. The molecule has 2 rings (SSSR count). The van der Waals surface area contributed by atoms with Gasteiger partial charge in [-0.25, -0.2) is 14.4 Å². The summed E-state index contributed by atoms with van der Waals surface area (Å²) in [5, 5.41) is 3.08. The van der Waals surface area contributed by atoms with Gasteiger partial charge in [0.1, 0.15) is 18.0 Å². The summed E-state index contributed by atoms with van der Waals surface area (Å²) in [6.45, 7) is 0.720. The van der Waals surface area contributed by atoms with Crippen molar-refractivity contribution in [2.75, 3.05) is 5.32 Å². The molecule has 94 valence electrons. The number of aromatic nitrogens is 2. The summed E-state index contributed by atoms with van der Waals surface area (Å²) in [6.07, 6.45) is 3.15. The van der Waals surface area contributed by atoms with E-state index in [0.717, 1.165) is 9.13 Å². The van der Waals surface area contributed by atoms with Gasteiger partial charge >= 0.3 is 0 Å². The molecule has 0 spiro atoms. The molecule has 0 radical (unpaired) electrons. The van der Waals surface area contributed by atoms with E-state index in [2.05, 4.69) is 37.9 Å². The number of nitrogens with one attached hydrogen (secondary N) is 1. The minimum atomic E-state index is -0.255. The standard InChI is InChI=1S/C12H12FIN4/c13-10-3-8(4-15)1-2-9(10)5-17-12-11(14)6-16-7-18-12/h1-3,6-7H,4-5,15H2,(H,16,17,18). The smallest absolute Gasteiger partial charge is 0.143 e. The summed E-state index contributed by atoms with van der Waals surface area (Å²) in [4.78, 5) is 7.98. The maximum atomic E-state index is 13.7. The molecule has 0 saturated carbocycles. The number of hydrogen-bond acceptors (Lipinski definition) is 4. The van der Waals surface area contributed by atoms with E-state index >= 15 is 0 Å². The molecule has 1 aromatic carbocycles. The topological polar surface area (TPSA) is 63.8 Å². The average molecular weight is 358 g/mol. The van der Waals surface area contributed by atoms with E-state index in [4.69, 9.17) is 5.73 Å². The highest BCUT2D eigenvalue weighted by Crippen LogP contribution is 2.15. The molecule has 0 aliphatic heterocycles. The summed E-state index contributed by atoms with van der Waals surface area (Å²) < 4.78 is 14.6. The molecule has 0 unspecified atom stereocenters. The van der Waals surface area contributed by atoms with Crippen molar-refractivity contribution in [2.45, 2.75) is 13.1 Å². The fourth-order valence-electron chi connectivity index (χ4n) is 1.48. The zero-order valence-electron chi connectivity index (χ0n) is 9.53. The van der Waals surface area contributed by atoms with Gasteiger partial charge in [-0.05, 0) is 34.2 Å². The van der Waals surface area contributed by atoms with Crippen LogP contribution in [0.2, 0.25) is 0 Å². The second-order valence-corrected chi connectivity index (χ2v) is 4.86. The summed E-state index contributed by atoms with van der Waals surface area (Å²) in [5.41, 5.74) is 6.82. The zero-order chi connectivity index (χ0) is 13.0. The van der Waals surface area contributed by atoms with Gasteiger partial charge in [-0.1, -0.05) is 12.1 Å². The van der Waals surface area contributed by atoms with Gasteiger partial charge in [-0.15, -0.1) is 0 Å². The molecule has 1 aromatic heterocycles. The molecule has 0 bridgehead atoms. The fourth-order valence-corrected chi connectivity index (χ4v) is 1.97. The molecule has 0 amide bonds. The highest BCUT2D eigenvalue weighted by molar-refractivity contribution is 14.1. The van der Waals surface area contributed by atoms with Crippen LogP contribution in [0, 0.1) is 9.39 Å². The van der Waals surface area contributed by atoms with Crippen LogP contribution in [0.5, 0.6) is 0 Å². The maximum absolute atomic E-state index is 13.7. The number of anilines is 1. The first-order valence-electron chi connectivity index (χ1n) is 5.37. The van der Waals surface area contributed by atoms with Crippen LogP contribution in [-0.2, 0) is 13.1 Å². The van der Waals surface area contributed by atoms with E-state index in [-0.39, 0.29) is 5.82 Å². The molecule has 0 fully saturated rings. The van der Waals surface area contributed by atoms with Crippen molar-refractivity contribution >= 4 is 28.4 Å². The van der Waals surface area contributed by atoms with Crippen LogP contribution in [0.15, 0.2) is 30.7 Å². The second-order valence-electron chi connectivity index (χ2n) is 3.70. The van der Waals surface area contributed by atoms with Crippen molar-refractivity contribution in [1.29, 1.82) is 0 Å². The number of halogens is 2. The Balaban J connectivity index is 2.09. The van der Waals surface area contributed by atoms with E-state index in [1.54, 1.807) is 12.3 Å². The summed E-state index contributed by atoms with van der Waals surface area (Å²) >= 11 is 2.13. The molecule has 2 aromatic rings. The minimum absolute atomic E-state index is 0.255. The Morgan fingerprint density at radius 1 is 1.39 bits per heavy atom. The first-order valence-corrected chi connectivity index (χ1v) is 6.45. The number of nitrogens with zero attached hydrogens (tertiary/aromatic N) is 2. The molecule has 0 aliphatic rings. The fraction of sp³-hybridized carbons (Fsp3) is 0.167. The minimum Gasteiger partial charge on any atom is -0.365 e. The number of benzene rings is 1. The van der Waals surface area contributed by atoms with Gasteiger partial charge in [-0.3, -0.25) is 0 Å². The normalized spacial score (nSPS) is 10.4. The molecule has 4 nitrogen and oxygen atoms in total. The van der Waals surface area contributed by atoms with Crippen molar-refractivity contribution in [1.82, 2.24) is 9.97 Å². The van der Waals surface area contributed by atoms with E-state index < -0.39 is 0 Å². The first-order chi connectivity index (χ1) is 8.70. The van der Waals surface area contributed by atoms with Crippen LogP contribution >= 0.6 is 22.6 Å². The van der Waals surface area contributed by atoms with Crippen molar-refractivity contribution in [2.24, 2.45) is 5.73 Å². The summed E-state index contributed by atoms with van der Waals surface area (Å²) in [5.74, 6) is 0.447. The van der Waals surface area contributed by atoms with E-state index in [1.807, 2.05) is 6.07 Å². The van der Waals surface area contributed by atoms with Gasteiger partial charge < -0.3 is 11.1 Å². The molecular weight excluding hydrogens is 346 g/mol. The predicted molar refractivity (Wildman–Crippen MR) is 76.4 cm³/mol. The average Bonchev–Trinajstić information content (AvgIpc) is 2.39. The van der Waals surface area contributed by atoms with Gasteiger partial charge in [0.05, 0.1) is 3.57 Å². The third kappa shape index (κ3) is 3.14. The van der Waals surface area contributed by atoms with Gasteiger partial charge in [0.2, 0.25) is 0 Å².